The van der Waals surface area contributed by atoms with Crippen molar-refractivity contribution < 1.29 is 10.2 Å². The molecule has 0 fully saturated rings. The van der Waals surface area contributed by atoms with Crippen molar-refractivity contribution in [2.45, 2.75) is 58.7 Å². The van der Waals surface area contributed by atoms with Crippen molar-refractivity contribution in [1.29, 1.82) is 0 Å². The van der Waals surface area contributed by atoms with Crippen LogP contribution in [-0.2, 0) is 0 Å². The van der Waals surface area contributed by atoms with Crippen LogP contribution in [0.2, 0.25) is 0 Å². The van der Waals surface area contributed by atoms with E-state index in [9.17, 15) is 10.2 Å². The zero-order valence-corrected chi connectivity index (χ0v) is 11.5. The molecule has 0 aromatic heterocycles. The Morgan fingerprint density at radius 3 is 2.71 bits per heavy atom. The zero-order valence-electron chi connectivity index (χ0n) is 11.5. The van der Waals surface area contributed by atoms with Crippen LogP contribution in [0.5, 0.6) is 0 Å². The van der Waals surface area contributed by atoms with Crippen LogP contribution in [0.4, 0.5) is 0 Å². The summed E-state index contributed by atoms with van der Waals surface area (Å²) in [7, 11) is 0. The van der Waals surface area contributed by atoms with E-state index in [1.807, 2.05) is 0 Å². The largest absolute Gasteiger partial charge is 0.390 e. The lowest BCUT2D eigenvalue weighted by Crippen LogP contribution is -2.42. The molecule has 1 aliphatic carbocycles. The summed E-state index contributed by atoms with van der Waals surface area (Å²) in [6, 6.07) is 0. The summed E-state index contributed by atoms with van der Waals surface area (Å²) in [6.45, 7) is 8.12. The third-order valence-corrected chi connectivity index (χ3v) is 3.76. The molecule has 2 nitrogen and oxygen atoms in total. The quantitative estimate of drug-likeness (QED) is 0.739. The Labute approximate surface area is 105 Å². The smallest absolute Gasteiger partial charge is 0.106 e. The number of aliphatic hydroxyl groups excluding tert-OH is 1. The molecule has 2 heteroatoms. The van der Waals surface area contributed by atoms with Crippen molar-refractivity contribution in [2.75, 3.05) is 0 Å². The Morgan fingerprint density at radius 1 is 1.53 bits per heavy atom. The first-order chi connectivity index (χ1) is 7.83. The third-order valence-electron chi connectivity index (χ3n) is 3.76. The summed E-state index contributed by atoms with van der Waals surface area (Å²) in [5, 5.41) is 19.7. The van der Waals surface area contributed by atoms with Crippen LogP contribution in [0.15, 0.2) is 23.8 Å². The van der Waals surface area contributed by atoms with Gasteiger partial charge in [0.15, 0.2) is 0 Å². The van der Waals surface area contributed by atoms with Gasteiger partial charge in [-0.1, -0.05) is 30.7 Å². The van der Waals surface area contributed by atoms with Gasteiger partial charge in [-0.15, -0.1) is 0 Å². The fourth-order valence-electron chi connectivity index (χ4n) is 2.28. The second kappa shape index (κ2) is 5.83. The van der Waals surface area contributed by atoms with E-state index in [4.69, 9.17) is 0 Å². The van der Waals surface area contributed by atoms with Crippen LogP contribution in [0.3, 0.4) is 0 Å². The van der Waals surface area contributed by atoms with Crippen LogP contribution in [-0.4, -0.2) is 21.9 Å². The molecule has 0 aromatic carbocycles. The number of aliphatic hydroxyl groups is 2. The van der Waals surface area contributed by atoms with Gasteiger partial charge in [0.25, 0.3) is 0 Å². The molecular weight excluding hydrogens is 212 g/mol. The molecule has 0 saturated carbocycles. The van der Waals surface area contributed by atoms with Gasteiger partial charge in [-0.2, -0.15) is 0 Å². The molecular formula is C15H26O2. The summed E-state index contributed by atoms with van der Waals surface area (Å²) < 4.78 is 0. The van der Waals surface area contributed by atoms with Gasteiger partial charge in [0, 0.05) is 0 Å². The van der Waals surface area contributed by atoms with Crippen molar-refractivity contribution in [2.24, 2.45) is 11.8 Å². The van der Waals surface area contributed by atoms with Crippen LogP contribution in [0.1, 0.15) is 47.0 Å². The molecule has 2 N–H and O–H groups in total. The van der Waals surface area contributed by atoms with Crippen molar-refractivity contribution in [1.82, 2.24) is 0 Å². The average molecular weight is 238 g/mol. The van der Waals surface area contributed by atoms with Gasteiger partial charge in [-0.05, 0) is 51.9 Å². The standard InChI is InChI=1S/C15H26O2/c1-11(2)6-5-7-12(3)13-8-9-15(4,17)14(16)10-13/h6,8-9,12-14,16-17H,5,7,10H2,1-4H3/t12-,13?,14?,15?/m1/s1. The summed E-state index contributed by atoms with van der Waals surface area (Å²) in [6.07, 6.45) is 8.34. The fourth-order valence-corrected chi connectivity index (χ4v) is 2.28. The number of hydrogen-bond donors (Lipinski definition) is 2. The molecule has 4 atom stereocenters. The van der Waals surface area contributed by atoms with E-state index < -0.39 is 11.7 Å². The van der Waals surface area contributed by atoms with E-state index >= 15 is 0 Å². The summed E-state index contributed by atoms with van der Waals surface area (Å²) in [5.41, 5.74) is 0.315. The third kappa shape index (κ3) is 4.29. The minimum atomic E-state index is -1.05. The first-order valence-electron chi connectivity index (χ1n) is 6.56. The fraction of sp³-hybridized carbons (Fsp3) is 0.733. The molecule has 0 spiro atoms. The molecule has 0 amide bonds. The number of allylic oxidation sites excluding steroid dienone is 3. The predicted molar refractivity (Wildman–Crippen MR) is 71.7 cm³/mol. The average Bonchev–Trinajstić information content (AvgIpc) is 2.21. The highest BCUT2D eigenvalue weighted by atomic mass is 16.3. The van der Waals surface area contributed by atoms with E-state index in [2.05, 4.69) is 32.9 Å². The SMILES string of the molecule is CC(C)=CCC[C@@H](C)C1C=CC(C)(O)C(O)C1. The van der Waals surface area contributed by atoms with Crippen LogP contribution >= 0.6 is 0 Å². The van der Waals surface area contributed by atoms with E-state index in [0.717, 1.165) is 12.8 Å². The zero-order chi connectivity index (χ0) is 13.1. The van der Waals surface area contributed by atoms with Crippen LogP contribution in [0.25, 0.3) is 0 Å². The predicted octanol–water partition coefficient (Wildman–Crippen LogP) is 3.06. The van der Waals surface area contributed by atoms with Gasteiger partial charge >= 0.3 is 0 Å². The molecule has 1 rings (SSSR count). The Bertz CT molecular complexity index is 298. The maximum absolute atomic E-state index is 9.86. The van der Waals surface area contributed by atoms with E-state index in [1.54, 1.807) is 13.0 Å². The van der Waals surface area contributed by atoms with Crippen molar-refractivity contribution in [3.8, 4) is 0 Å². The molecule has 0 aliphatic heterocycles. The van der Waals surface area contributed by atoms with E-state index in [0.29, 0.717) is 18.3 Å². The minimum absolute atomic E-state index is 0.385. The Balaban J connectivity index is 2.49. The molecule has 3 unspecified atom stereocenters. The van der Waals surface area contributed by atoms with Gasteiger partial charge in [-0.3, -0.25) is 0 Å². The Hall–Kier alpha value is -0.600. The molecule has 0 bridgehead atoms. The molecule has 98 valence electrons. The lowest BCUT2D eigenvalue weighted by molar-refractivity contribution is -0.0455. The van der Waals surface area contributed by atoms with Crippen LogP contribution in [0, 0.1) is 11.8 Å². The van der Waals surface area contributed by atoms with Gasteiger partial charge in [0.05, 0.1) is 6.10 Å². The lowest BCUT2D eigenvalue weighted by atomic mass is 9.77. The van der Waals surface area contributed by atoms with E-state index in [-0.39, 0.29) is 0 Å². The molecule has 17 heavy (non-hydrogen) atoms. The number of hydrogen-bond acceptors (Lipinski definition) is 2. The summed E-state index contributed by atoms with van der Waals surface area (Å²) in [4.78, 5) is 0. The maximum Gasteiger partial charge on any atom is 0.106 e. The van der Waals surface area contributed by atoms with Crippen molar-refractivity contribution in [3.63, 3.8) is 0 Å². The van der Waals surface area contributed by atoms with E-state index in [1.165, 1.54) is 5.57 Å². The van der Waals surface area contributed by atoms with Crippen molar-refractivity contribution in [3.05, 3.63) is 23.8 Å². The highest BCUT2D eigenvalue weighted by Crippen LogP contribution is 2.32. The minimum Gasteiger partial charge on any atom is -0.390 e. The second-order valence-corrected chi connectivity index (χ2v) is 5.84. The van der Waals surface area contributed by atoms with Crippen molar-refractivity contribution >= 4 is 0 Å². The second-order valence-electron chi connectivity index (χ2n) is 5.84. The highest BCUT2D eigenvalue weighted by molar-refractivity contribution is 5.11. The molecule has 1 aliphatic rings. The molecule has 0 saturated heterocycles. The number of rotatable bonds is 4. The van der Waals surface area contributed by atoms with Gasteiger partial charge < -0.3 is 10.2 Å². The normalized spacial score (nSPS) is 34.5. The lowest BCUT2D eigenvalue weighted by Gasteiger charge is -2.35. The Kier molecular flexibility index (Phi) is 4.96. The molecule has 0 radical (unpaired) electrons. The molecule has 0 heterocycles. The monoisotopic (exact) mass is 238 g/mol. The Morgan fingerprint density at radius 2 is 2.18 bits per heavy atom. The van der Waals surface area contributed by atoms with Gasteiger partial charge in [0.1, 0.15) is 5.60 Å². The van der Waals surface area contributed by atoms with Crippen LogP contribution < -0.4 is 0 Å². The first-order valence-corrected chi connectivity index (χ1v) is 6.56. The topological polar surface area (TPSA) is 40.5 Å². The van der Waals surface area contributed by atoms with Gasteiger partial charge in [0.2, 0.25) is 0 Å². The summed E-state index contributed by atoms with van der Waals surface area (Å²) in [5.74, 6) is 0.934. The first kappa shape index (κ1) is 14.5. The summed E-state index contributed by atoms with van der Waals surface area (Å²) >= 11 is 0. The molecule has 0 aromatic rings. The maximum atomic E-state index is 9.86. The van der Waals surface area contributed by atoms with Gasteiger partial charge in [-0.25, -0.2) is 0 Å². The highest BCUT2D eigenvalue weighted by Gasteiger charge is 2.34.